The first kappa shape index (κ1) is 26.9. The van der Waals surface area contributed by atoms with Crippen LogP contribution in [0.1, 0.15) is 71.9 Å². The van der Waals surface area contributed by atoms with E-state index in [-0.39, 0.29) is 23.0 Å². The molecule has 0 fully saturated rings. The second kappa shape index (κ2) is 14.0. The molecular formula is C29H33N3O3S. The molecule has 1 unspecified atom stereocenters. The number of benzene rings is 3. The van der Waals surface area contributed by atoms with E-state index in [1.807, 2.05) is 37.3 Å². The molecule has 6 nitrogen and oxygen atoms in total. The predicted molar refractivity (Wildman–Crippen MR) is 149 cm³/mol. The summed E-state index contributed by atoms with van der Waals surface area (Å²) in [6.45, 7) is 4.78. The van der Waals surface area contributed by atoms with Crippen LogP contribution in [0.2, 0.25) is 0 Å². The summed E-state index contributed by atoms with van der Waals surface area (Å²) in [7, 11) is 0. The van der Waals surface area contributed by atoms with Gasteiger partial charge in [0.25, 0.3) is 11.8 Å². The van der Waals surface area contributed by atoms with E-state index in [9.17, 15) is 9.59 Å². The summed E-state index contributed by atoms with van der Waals surface area (Å²) in [5.41, 5.74) is 2.59. The lowest BCUT2D eigenvalue weighted by atomic mass is 10.1. The number of hydrogen-bond acceptors (Lipinski definition) is 4. The summed E-state index contributed by atoms with van der Waals surface area (Å²) >= 11 is 5.30. The summed E-state index contributed by atoms with van der Waals surface area (Å²) in [6, 6.07) is 23.6. The summed E-state index contributed by atoms with van der Waals surface area (Å²) in [5.74, 6) is 0.214. The third-order valence-corrected chi connectivity index (χ3v) is 5.84. The fourth-order valence-electron chi connectivity index (χ4n) is 3.60. The zero-order chi connectivity index (χ0) is 25.8. The number of unbranched alkanes of at least 4 members (excludes halogenated alkanes) is 3. The molecule has 0 saturated carbocycles. The molecule has 0 radical (unpaired) electrons. The maximum Gasteiger partial charge on any atom is 0.257 e. The Hall–Kier alpha value is -3.71. The summed E-state index contributed by atoms with van der Waals surface area (Å²) in [4.78, 5) is 25.3. The van der Waals surface area contributed by atoms with Gasteiger partial charge in [0.15, 0.2) is 5.11 Å². The number of nitrogens with one attached hydrogen (secondary N) is 3. The molecule has 0 heterocycles. The van der Waals surface area contributed by atoms with Crippen LogP contribution in [0.25, 0.3) is 0 Å². The molecule has 0 aliphatic carbocycles. The van der Waals surface area contributed by atoms with E-state index in [1.54, 1.807) is 48.5 Å². The Kier molecular flexibility index (Phi) is 10.5. The van der Waals surface area contributed by atoms with Gasteiger partial charge >= 0.3 is 0 Å². The molecule has 3 aromatic carbocycles. The van der Waals surface area contributed by atoms with Crippen molar-refractivity contribution in [3.63, 3.8) is 0 Å². The molecule has 0 aliphatic rings. The van der Waals surface area contributed by atoms with Gasteiger partial charge in [-0.05, 0) is 73.6 Å². The molecule has 0 saturated heterocycles. The van der Waals surface area contributed by atoms with E-state index in [0.717, 1.165) is 24.2 Å². The molecule has 188 valence electrons. The van der Waals surface area contributed by atoms with Crippen molar-refractivity contribution in [3.8, 4) is 5.75 Å². The second-order valence-corrected chi connectivity index (χ2v) is 8.94. The van der Waals surface area contributed by atoms with Gasteiger partial charge in [0.05, 0.1) is 12.6 Å². The first-order chi connectivity index (χ1) is 17.5. The average molecular weight is 504 g/mol. The van der Waals surface area contributed by atoms with Gasteiger partial charge in [-0.15, -0.1) is 0 Å². The molecule has 3 N–H and O–H groups in total. The molecule has 1 atom stereocenters. The minimum Gasteiger partial charge on any atom is -0.494 e. The second-order valence-electron chi connectivity index (χ2n) is 8.53. The first-order valence-corrected chi connectivity index (χ1v) is 12.7. The molecule has 0 bridgehead atoms. The maximum absolute atomic E-state index is 12.7. The molecule has 0 spiro atoms. The third-order valence-electron chi connectivity index (χ3n) is 5.64. The van der Waals surface area contributed by atoms with Crippen molar-refractivity contribution in [2.75, 3.05) is 11.9 Å². The predicted octanol–water partition coefficient (Wildman–Crippen LogP) is 6.26. The van der Waals surface area contributed by atoms with Crippen molar-refractivity contribution in [1.29, 1.82) is 0 Å². The van der Waals surface area contributed by atoms with Gasteiger partial charge in [-0.2, -0.15) is 0 Å². The van der Waals surface area contributed by atoms with Crippen LogP contribution in [-0.4, -0.2) is 23.5 Å². The molecule has 7 heteroatoms. The number of anilines is 1. The van der Waals surface area contributed by atoms with Crippen LogP contribution in [0.3, 0.4) is 0 Å². The number of carbonyl (C=O) groups is 2. The third kappa shape index (κ3) is 8.50. The highest BCUT2D eigenvalue weighted by atomic mass is 32.1. The Bertz CT molecular complexity index is 1150. The van der Waals surface area contributed by atoms with E-state index in [2.05, 4.69) is 22.9 Å². The van der Waals surface area contributed by atoms with E-state index < -0.39 is 0 Å². The zero-order valence-corrected chi connectivity index (χ0v) is 21.6. The molecular weight excluding hydrogens is 470 g/mol. The Morgan fingerprint density at radius 2 is 1.61 bits per heavy atom. The molecule has 2 amide bonds. The average Bonchev–Trinajstić information content (AvgIpc) is 2.89. The largest absolute Gasteiger partial charge is 0.494 e. The van der Waals surface area contributed by atoms with Gasteiger partial charge in [-0.3, -0.25) is 14.9 Å². The standard InChI is InChI=1S/C29H33N3O3S/c1-3-4-5-9-19-35-26-17-15-23(16-18-26)27(33)32-29(36)31-25-14-10-13-24(20-25)28(34)30-21(2)22-11-7-6-8-12-22/h6-8,10-18,20-21H,3-5,9,19H2,1-2H3,(H,30,34)(H2,31,32,33,36). The Labute approximate surface area is 218 Å². The molecule has 3 rings (SSSR count). The van der Waals surface area contributed by atoms with Crippen LogP contribution in [0.15, 0.2) is 78.9 Å². The van der Waals surface area contributed by atoms with Gasteiger partial charge in [-0.1, -0.05) is 62.6 Å². The fraction of sp³-hybridized carbons (Fsp3) is 0.276. The number of thiocarbonyl (C=S) groups is 1. The van der Waals surface area contributed by atoms with Crippen LogP contribution >= 0.6 is 12.2 Å². The van der Waals surface area contributed by atoms with Crippen molar-refractivity contribution in [2.24, 2.45) is 0 Å². The lowest BCUT2D eigenvalue weighted by molar-refractivity contribution is 0.0938. The van der Waals surface area contributed by atoms with Crippen LogP contribution < -0.4 is 20.7 Å². The maximum atomic E-state index is 12.7. The van der Waals surface area contributed by atoms with Crippen molar-refractivity contribution < 1.29 is 14.3 Å². The van der Waals surface area contributed by atoms with E-state index in [1.165, 1.54) is 12.8 Å². The lowest BCUT2D eigenvalue weighted by Gasteiger charge is -2.15. The van der Waals surface area contributed by atoms with Gasteiger partial charge in [0, 0.05) is 16.8 Å². The highest BCUT2D eigenvalue weighted by Crippen LogP contribution is 2.16. The van der Waals surface area contributed by atoms with E-state index in [0.29, 0.717) is 23.4 Å². The van der Waals surface area contributed by atoms with Crippen LogP contribution in [-0.2, 0) is 0 Å². The number of carbonyl (C=O) groups excluding carboxylic acids is 2. The topological polar surface area (TPSA) is 79.5 Å². The van der Waals surface area contributed by atoms with E-state index >= 15 is 0 Å². The van der Waals surface area contributed by atoms with Crippen molar-refractivity contribution >= 4 is 34.8 Å². The minimum atomic E-state index is -0.326. The SMILES string of the molecule is CCCCCCOc1ccc(C(=O)NC(=S)Nc2cccc(C(=O)NC(C)c3ccccc3)c2)cc1. The highest BCUT2D eigenvalue weighted by Gasteiger charge is 2.13. The highest BCUT2D eigenvalue weighted by molar-refractivity contribution is 7.80. The zero-order valence-electron chi connectivity index (χ0n) is 20.8. The van der Waals surface area contributed by atoms with Crippen LogP contribution in [0.4, 0.5) is 5.69 Å². The van der Waals surface area contributed by atoms with Crippen molar-refractivity contribution in [1.82, 2.24) is 10.6 Å². The number of rotatable bonds is 11. The molecule has 0 aliphatic heterocycles. The van der Waals surface area contributed by atoms with Gasteiger partial charge in [-0.25, -0.2) is 0 Å². The number of hydrogen-bond donors (Lipinski definition) is 3. The van der Waals surface area contributed by atoms with E-state index in [4.69, 9.17) is 17.0 Å². The van der Waals surface area contributed by atoms with Gasteiger partial charge in [0.1, 0.15) is 5.75 Å². The summed E-state index contributed by atoms with van der Waals surface area (Å²) < 4.78 is 5.72. The Morgan fingerprint density at radius 1 is 0.861 bits per heavy atom. The van der Waals surface area contributed by atoms with Gasteiger partial charge in [0.2, 0.25) is 0 Å². The molecule has 3 aromatic rings. The van der Waals surface area contributed by atoms with Gasteiger partial charge < -0.3 is 15.4 Å². The normalized spacial score (nSPS) is 11.3. The summed E-state index contributed by atoms with van der Waals surface area (Å²) in [6.07, 6.45) is 4.57. The smallest absolute Gasteiger partial charge is 0.257 e. The first-order valence-electron chi connectivity index (χ1n) is 12.3. The Morgan fingerprint density at radius 3 is 2.33 bits per heavy atom. The lowest BCUT2D eigenvalue weighted by Crippen LogP contribution is -2.34. The monoisotopic (exact) mass is 503 g/mol. The Balaban J connectivity index is 1.50. The van der Waals surface area contributed by atoms with Crippen molar-refractivity contribution in [2.45, 2.75) is 45.6 Å². The molecule has 36 heavy (non-hydrogen) atoms. The number of amides is 2. The van der Waals surface area contributed by atoms with Crippen LogP contribution in [0.5, 0.6) is 5.75 Å². The van der Waals surface area contributed by atoms with Crippen molar-refractivity contribution in [3.05, 3.63) is 95.6 Å². The number of ether oxygens (including phenoxy) is 1. The molecule has 0 aromatic heterocycles. The van der Waals surface area contributed by atoms with Crippen LogP contribution in [0, 0.1) is 0 Å². The summed E-state index contributed by atoms with van der Waals surface area (Å²) in [5, 5.41) is 8.78. The quantitative estimate of drug-likeness (QED) is 0.212. The fourth-order valence-corrected chi connectivity index (χ4v) is 3.81. The minimum absolute atomic E-state index is 0.131.